The third-order valence-electron chi connectivity index (χ3n) is 1.60. The zero-order valence-corrected chi connectivity index (χ0v) is 9.44. The smallest absolute Gasteiger partial charge is 0.353 e. The van der Waals surface area contributed by atoms with Crippen molar-refractivity contribution in [1.82, 2.24) is 10.2 Å². The SMILES string of the molecule is COC(=O)CS(=O)(=O)Nc1cc(C(=O)O)[nH]n1. The van der Waals surface area contributed by atoms with E-state index in [4.69, 9.17) is 5.11 Å². The number of carbonyl (C=O) groups excluding carboxylic acids is 1. The third-order valence-corrected chi connectivity index (χ3v) is 2.74. The topological polar surface area (TPSA) is 138 Å². The summed E-state index contributed by atoms with van der Waals surface area (Å²) < 4.78 is 28.8. The predicted molar refractivity (Wildman–Crippen MR) is 55.0 cm³/mol. The Balaban J connectivity index is 2.76. The standard InChI is InChI=1S/C7H9N3O6S/c1-16-6(11)3-17(14,15)10-5-2-4(7(12)13)8-9-5/h2H,3H2,1H3,(H,12,13)(H2,8,9,10). The van der Waals surface area contributed by atoms with Gasteiger partial charge in [-0.15, -0.1) is 0 Å². The van der Waals surface area contributed by atoms with Crippen LogP contribution in [0.5, 0.6) is 0 Å². The van der Waals surface area contributed by atoms with Gasteiger partial charge in [0.15, 0.2) is 11.6 Å². The molecule has 0 aliphatic heterocycles. The molecule has 10 heteroatoms. The molecule has 0 saturated carbocycles. The maximum absolute atomic E-state index is 11.3. The summed E-state index contributed by atoms with van der Waals surface area (Å²) in [5.41, 5.74) is -0.277. The van der Waals surface area contributed by atoms with E-state index in [2.05, 4.69) is 14.9 Å². The minimum atomic E-state index is -3.96. The second-order valence-electron chi connectivity index (χ2n) is 2.91. The van der Waals surface area contributed by atoms with Crippen LogP contribution in [0, 0.1) is 0 Å². The molecule has 1 rings (SSSR count). The Kier molecular flexibility index (Phi) is 3.68. The minimum absolute atomic E-state index is 0.216. The molecule has 17 heavy (non-hydrogen) atoms. The number of nitrogens with zero attached hydrogens (tertiary/aromatic N) is 1. The van der Waals surface area contributed by atoms with Crippen molar-refractivity contribution in [1.29, 1.82) is 0 Å². The number of methoxy groups -OCH3 is 1. The van der Waals surface area contributed by atoms with Crippen LogP contribution in [0.15, 0.2) is 6.07 Å². The van der Waals surface area contributed by atoms with E-state index in [1.54, 1.807) is 0 Å². The van der Waals surface area contributed by atoms with Crippen LogP contribution in [0.1, 0.15) is 10.5 Å². The summed E-state index contributed by atoms with van der Waals surface area (Å²) in [6.07, 6.45) is 0. The van der Waals surface area contributed by atoms with Gasteiger partial charge in [0, 0.05) is 6.07 Å². The van der Waals surface area contributed by atoms with Gasteiger partial charge in [-0.1, -0.05) is 0 Å². The van der Waals surface area contributed by atoms with Crippen LogP contribution in [-0.4, -0.2) is 48.5 Å². The Labute approximate surface area is 95.8 Å². The molecule has 0 atom stereocenters. The number of sulfonamides is 1. The molecule has 0 aliphatic carbocycles. The highest BCUT2D eigenvalue weighted by Crippen LogP contribution is 2.07. The largest absolute Gasteiger partial charge is 0.477 e. The fourth-order valence-corrected chi connectivity index (χ4v) is 1.82. The summed E-state index contributed by atoms with van der Waals surface area (Å²) in [4.78, 5) is 21.2. The molecule has 0 radical (unpaired) electrons. The van der Waals surface area contributed by atoms with Crippen molar-refractivity contribution in [3.63, 3.8) is 0 Å². The predicted octanol–water partition coefficient (Wildman–Crippen LogP) is -0.977. The van der Waals surface area contributed by atoms with Gasteiger partial charge in [-0.3, -0.25) is 14.6 Å². The quantitative estimate of drug-likeness (QED) is 0.580. The van der Waals surface area contributed by atoms with Gasteiger partial charge < -0.3 is 9.84 Å². The highest BCUT2D eigenvalue weighted by Gasteiger charge is 2.19. The second-order valence-corrected chi connectivity index (χ2v) is 4.63. The van der Waals surface area contributed by atoms with Crippen LogP contribution >= 0.6 is 0 Å². The zero-order chi connectivity index (χ0) is 13.1. The van der Waals surface area contributed by atoms with E-state index in [-0.39, 0.29) is 11.5 Å². The van der Waals surface area contributed by atoms with Gasteiger partial charge in [-0.2, -0.15) is 5.10 Å². The molecule has 0 unspecified atom stereocenters. The van der Waals surface area contributed by atoms with Crippen LogP contribution in [0.2, 0.25) is 0 Å². The van der Waals surface area contributed by atoms with Gasteiger partial charge in [0.2, 0.25) is 10.0 Å². The van der Waals surface area contributed by atoms with Gasteiger partial charge in [0.05, 0.1) is 7.11 Å². The molecule has 0 spiro atoms. The van der Waals surface area contributed by atoms with Crippen LogP contribution in [0.4, 0.5) is 5.82 Å². The maximum atomic E-state index is 11.3. The normalized spacial score (nSPS) is 10.9. The first-order chi connectivity index (χ1) is 7.84. The monoisotopic (exact) mass is 263 g/mol. The van der Waals surface area contributed by atoms with Crippen LogP contribution in [0.3, 0.4) is 0 Å². The summed E-state index contributed by atoms with van der Waals surface area (Å²) in [7, 11) is -2.91. The number of anilines is 1. The average Bonchev–Trinajstić information content (AvgIpc) is 2.64. The number of hydrogen-bond donors (Lipinski definition) is 3. The van der Waals surface area contributed by atoms with Crippen molar-refractivity contribution in [3.8, 4) is 0 Å². The van der Waals surface area contributed by atoms with E-state index in [1.165, 1.54) is 0 Å². The van der Waals surface area contributed by atoms with Crippen molar-refractivity contribution in [2.24, 2.45) is 0 Å². The molecule has 0 aromatic carbocycles. The third kappa shape index (κ3) is 3.75. The molecule has 1 aromatic heterocycles. The first-order valence-electron chi connectivity index (χ1n) is 4.20. The van der Waals surface area contributed by atoms with Crippen molar-refractivity contribution in [3.05, 3.63) is 11.8 Å². The Hall–Kier alpha value is -2.10. The summed E-state index contributed by atoms with van der Waals surface area (Å²) in [5.74, 6) is -3.31. The molecule has 1 aromatic rings. The lowest BCUT2D eigenvalue weighted by Crippen LogP contribution is -2.23. The fraction of sp³-hybridized carbons (Fsp3) is 0.286. The van der Waals surface area contributed by atoms with Crippen LogP contribution in [0.25, 0.3) is 0 Å². The fourth-order valence-electron chi connectivity index (χ4n) is 0.893. The molecule has 0 saturated heterocycles. The summed E-state index contributed by atoms with van der Waals surface area (Å²) in [6.45, 7) is 0. The molecular weight excluding hydrogens is 254 g/mol. The number of aromatic amines is 1. The lowest BCUT2D eigenvalue weighted by atomic mass is 10.4. The van der Waals surface area contributed by atoms with E-state index >= 15 is 0 Å². The van der Waals surface area contributed by atoms with Crippen LogP contribution in [-0.2, 0) is 19.6 Å². The molecular formula is C7H9N3O6S. The molecule has 0 amide bonds. The molecule has 1 heterocycles. The molecule has 0 bridgehead atoms. The van der Waals surface area contributed by atoms with Crippen molar-refractivity contribution in [2.75, 3.05) is 17.6 Å². The van der Waals surface area contributed by atoms with Gasteiger partial charge >= 0.3 is 11.9 Å². The van der Waals surface area contributed by atoms with Crippen molar-refractivity contribution >= 4 is 27.8 Å². The molecule has 94 valence electrons. The number of carboxylic acid groups (broad SMARTS) is 1. The lowest BCUT2D eigenvalue weighted by molar-refractivity contribution is -0.137. The van der Waals surface area contributed by atoms with Gasteiger partial charge in [0.1, 0.15) is 5.69 Å². The summed E-state index contributed by atoms with van der Waals surface area (Å²) >= 11 is 0. The summed E-state index contributed by atoms with van der Waals surface area (Å²) in [5, 5.41) is 14.1. The Bertz CT molecular complexity index is 534. The first-order valence-corrected chi connectivity index (χ1v) is 5.85. The van der Waals surface area contributed by atoms with Gasteiger partial charge in [-0.05, 0) is 0 Å². The van der Waals surface area contributed by atoms with E-state index in [9.17, 15) is 18.0 Å². The second kappa shape index (κ2) is 4.82. The number of carboxylic acids is 1. The number of rotatable bonds is 5. The number of carbonyl (C=O) groups is 2. The number of aromatic carboxylic acids is 1. The zero-order valence-electron chi connectivity index (χ0n) is 8.63. The van der Waals surface area contributed by atoms with E-state index in [0.29, 0.717) is 0 Å². The number of hydrogen-bond acceptors (Lipinski definition) is 6. The van der Waals surface area contributed by atoms with Crippen molar-refractivity contribution < 1.29 is 27.9 Å². The maximum Gasteiger partial charge on any atom is 0.353 e. The van der Waals surface area contributed by atoms with E-state index in [1.807, 2.05) is 4.72 Å². The molecule has 0 aliphatic rings. The Morgan fingerprint density at radius 3 is 2.71 bits per heavy atom. The number of ether oxygens (including phenoxy) is 1. The Morgan fingerprint density at radius 2 is 2.24 bits per heavy atom. The lowest BCUT2D eigenvalue weighted by Gasteiger charge is -2.02. The Morgan fingerprint density at radius 1 is 1.59 bits per heavy atom. The van der Waals surface area contributed by atoms with Gasteiger partial charge in [-0.25, -0.2) is 13.2 Å². The number of aromatic nitrogens is 2. The van der Waals surface area contributed by atoms with Crippen molar-refractivity contribution in [2.45, 2.75) is 0 Å². The molecule has 9 nitrogen and oxygen atoms in total. The highest BCUT2D eigenvalue weighted by atomic mass is 32.2. The minimum Gasteiger partial charge on any atom is -0.477 e. The van der Waals surface area contributed by atoms with E-state index in [0.717, 1.165) is 13.2 Å². The van der Waals surface area contributed by atoms with Gasteiger partial charge in [0.25, 0.3) is 0 Å². The first kappa shape index (κ1) is 13.0. The molecule has 3 N–H and O–H groups in total. The van der Waals surface area contributed by atoms with E-state index < -0.39 is 27.7 Å². The number of esters is 1. The number of H-pyrrole nitrogens is 1. The average molecular weight is 263 g/mol. The summed E-state index contributed by atoms with van der Waals surface area (Å²) in [6, 6.07) is 0.983. The molecule has 0 fully saturated rings. The van der Waals surface area contributed by atoms with Crippen LogP contribution < -0.4 is 4.72 Å². The number of nitrogens with one attached hydrogen (secondary N) is 2. The highest BCUT2D eigenvalue weighted by molar-refractivity contribution is 7.93.